The maximum atomic E-state index is 13.6. The van der Waals surface area contributed by atoms with Crippen molar-refractivity contribution in [1.29, 1.82) is 0 Å². The van der Waals surface area contributed by atoms with E-state index in [4.69, 9.17) is 11.6 Å². The van der Waals surface area contributed by atoms with Gasteiger partial charge in [-0.3, -0.25) is 4.79 Å². The fourth-order valence-electron chi connectivity index (χ4n) is 4.81. The summed E-state index contributed by atoms with van der Waals surface area (Å²) in [5.74, 6) is -4.24. The van der Waals surface area contributed by atoms with Gasteiger partial charge in [-0.05, 0) is 65.7 Å². The third-order valence-electron chi connectivity index (χ3n) is 6.98. The van der Waals surface area contributed by atoms with E-state index in [1.54, 1.807) is 48.6 Å². The average molecular weight is 641 g/mol. The fourth-order valence-corrected chi connectivity index (χ4v) is 6.65. The molecule has 0 saturated carbocycles. The second-order valence-electron chi connectivity index (χ2n) is 10.0. The molecule has 0 radical (unpaired) electrons. The van der Waals surface area contributed by atoms with Crippen LogP contribution in [0, 0.1) is 0 Å². The van der Waals surface area contributed by atoms with E-state index in [-0.39, 0.29) is 11.1 Å². The highest BCUT2D eigenvalue weighted by molar-refractivity contribution is 7.91. The summed E-state index contributed by atoms with van der Waals surface area (Å²) in [5, 5.41) is 23.4. The van der Waals surface area contributed by atoms with E-state index in [9.17, 15) is 33.0 Å². The topological polar surface area (TPSA) is 151 Å². The van der Waals surface area contributed by atoms with Crippen LogP contribution >= 0.6 is 11.6 Å². The number of amides is 1. The lowest BCUT2D eigenvalue weighted by atomic mass is 10.0. The number of benzene rings is 4. The van der Waals surface area contributed by atoms with Crippen molar-refractivity contribution in [2.45, 2.75) is 10.9 Å². The summed E-state index contributed by atoms with van der Waals surface area (Å²) < 4.78 is 27.2. The second-order valence-corrected chi connectivity index (χ2v) is 12.5. The number of pyridine rings is 1. The summed E-state index contributed by atoms with van der Waals surface area (Å²) in [4.78, 5) is 41.2. The summed E-state index contributed by atoms with van der Waals surface area (Å²) in [6.07, 6.45) is 3.55. The monoisotopic (exact) mass is 640 g/mol. The molecule has 0 aliphatic rings. The number of carbonyl (C=O) groups is 3. The summed E-state index contributed by atoms with van der Waals surface area (Å²) in [6.45, 7) is 0. The SMILES string of the molecule is O=C(O)c1ccccc1C(=O)NC(CS(=O)(=O)c1ccccc1C(=O)O)c1cccc(/C=C/c2ccc3ccc(Cl)cc3n2)c1. The Morgan fingerprint density at radius 1 is 0.778 bits per heavy atom. The number of aromatic nitrogens is 1. The molecular formula is C34H25ClN2O7S. The zero-order chi connectivity index (χ0) is 32.1. The molecule has 11 heteroatoms. The molecule has 0 spiro atoms. The van der Waals surface area contributed by atoms with E-state index >= 15 is 0 Å². The molecule has 9 nitrogen and oxygen atoms in total. The van der Waals surface area contributed by atoms with Gasteiger partial charge in [-0.2, -0.15) is 0 Å². The average Bonchev–Trinajstić information content (AvgIpc) is 3.03. The number of hydrogen-bond acceptors (Lipinski definition) is 6. The number of nitrogens with one attached hydrogen (secondary N) is 1. The van der Waals surface area contributed by atoms with Crippen LogP contribution in [0.5, 0.6) is 0 Å². The fraction of sp³-hybridized carbons (Fsp3) is 0.0588. The first-order chi connectivity index (χ1) is 21.5. The van der Waals surface area contributed by atoms with Crippen LogP contribution in [-0.2, 0) is 9.84 Å². The number of carbonyl (C=O) groups excluding carboxylic acids is 1. The van der Waals surface area contributed by atoms with E-state index in [0.717, 1.165) is 10.9 Å². The van der Waals surface area contributed by atoms with Crippen LogP contribution in [0.1, 0.15) is 53.9 Å². The van der Waals surface area contributed by atoms with Crippen LogP contribution in [0.4, 0.5) is 0 Å². The van der Waals surface area contributed by atoms with Gasteiger partial charge in [0, 0.05) is 10.4 Å². The van der Waals surface area contributed by atoms with Crippen LogP contribution in [0.3, 0.4) is 0 Å². The van der Waals surface area contributed by atoms with E-state index in [0.29, 0.717) is 21.8 Å². The normalized spacial score (nSPS) is 12.2. The number of aromatic carboxylic acids is 2. The van der Waals surface area contributed by atoms with Crippen molar-refractivity contribution in [3.05, 3.63) is 142 Å². The van der Waals surface area contributed by atoms with E-state index in [2.05, 4.69) is 10.3 Å². The Bertz CT molecular complexity index is 2090. The van der Waals surface area contributed by atoms with Gasteiger partial charge < -0.3 is 15.5 Å². The Kier molecular flexibility index (Phi) is 9.08. The number of carboxylic acid groups (broad SMARTS) is 2. The van der Waals surface area contributed by atoms with Crippen LogP contribution in [-0.4, -0.2) is 47.2 Å². The molecule has 226 valence electrons. The third-order valence-corrected chi connectivity index (χ3v) is 9.01. The van der Waals surface area contributed by atoms with Gasteiger partial charge >= 0.3 is 11.9 Å². The molecule has 1 unspecified atom stereocenters. The Morgan fingerprint density at radius 3 is 2.18 bits per heavy atom. The summed E-state index contributed by atoms with van der Waals surface area (Å²) in [6, 6.07) is 25.5. The number of rotatable bonds is 10. The maximum absolute atomic E-state index is 13.6. The summed E-state index contributed by atoms with van der Waals surface area (Å²) in [7, 11) is -4.28. The van der Waals surface area contributed by atoms with Crippen molar-refractivity contribution in [2.24, 2.45) is 0 Å². The highest BCUT2D eigenvalue weighted by Gasteiger charge is 2.29. The largest absolute Gasteiger partial charge is 0.478 e. The predicted molar refractivity (Wildman–Crippen MR) is 171 cm³/mol. The zero-order valence-electron chi connectivity index (χ0n) is 23.4. The van der Waals surface area contributed by atoms with Crippen molar-refractivity contribution in [2.75, 3.05) is 5.75 Å². The summed E-state index contributed by atoms with van der Waals surface area (Å²) in [5.41, 5.74) is 1.61. The van der Waals surface area contributed by atoms with Crippen LogP contribution in [0.15, 0.2) is 108 Å². The van der Waals surface area contributed by atoms with Crippen molar-refractivity contribution >= 4 is 62.3 Å². The molecule has 0 bridgehead atoms. The van der Waals surface area contributed by atoms with Crippen LogP contribution in [0.25, 0.3) is 23.1 Å². The molecule has 5 rings (SSSR count). The van der Waals surface area contributed by atoms with Gasteiger partial charge in [0.15, 0.2) is 9.84 Å². The first-order valence-electron chi connectivity index (χ1n) is 13.5. The molecule has 3 N–H and O–H groups in total. The molecule has 0 aliphatic heterocycles. The quantitative estimate of drug-likeness (QED) is 0.159. The lowest BCUT2D eigenvalue weighted by molar-refractivity contribution is 0.0682. The Balaban J connectivity index is 1.51. The van der Waals surface area contributed by atoms with Gasteiger partial charge in [0.05, 0.1) is 44.6 Å². The van der Waals surface area contributed by atoms with Crippen LogP contribution in [0.2, 0.25) is 5.02 Å². The van der Waals surface area contributed by atoms with Crippen molar-refractivity contribution in [1.82, 2.24) is 10.3 Å². The lowest BCUT2D eigenvalue weighted by Gasteiger charge is -2.21. The molecule has 45 heavy (non-hydrogen) atoms. The van der Waals surface area contributed by atoms with Gasteiger partial charge in [-0.15, -0.1) is 0 Å². The van der Waals surface area contributed by atoms with Crippen molar-refractivity contribution in [3.8, 4) is 0 Å². The minimum absolute atomic E-state index is 0.156. The standard InChI is InChI=1S/C34H25ClN2O7S/c35-24-15-13-22-14-17-25(36-29(22)19-24)16-12-21-6-5-7-23(18-21)30(37-32(38)26-8-1-2-9-27(26)33(39)40)20-45(43,44)31-11-4-3-10-28(31)34(41)42/h1-19,30H,20H2,(H,37,38)(H,39,40)(H,41,42)/b16-12+. The lowest BCUT2D eigenvalue weighted by Crippen LogP contribution is -2.34. The molecule has 1 aromatic heterocycles. The summed E-state index contributed by atoms with van der Waals surface area (Å²) >= 11 is 6.11. The highest BCUT2D eigenvalue weighted by Crippen LogP contribution is 2.26. The van der Waals surface area contributed by atoms with E-state index < -0.39 is 49.9 Å². The van der Waals surface area contributed by atoms with Gasteiger partial charge in [0.1, 0.15) is 0 Å². The smallest absolute Gasteiger partial charge is 0.337 e. The second kappa shape index (κ2) is 13.1. The Hall–Kier alpha value is -5.32. The van der Waals surface area contributed by atoms with Gasteiger partial charge in [-0.25, -0.2) is 23.0 Å². The van der Waals surface area contributed by atoms with Gasteiger partial charge in [0.2, 0.25) is 0 Å². The molecule has 1 heterocycles. The molecular weight excluding hydrogens is 616 g/mol. The highest BCUT2D eigenvalue weighted by atomic mass is 35.5. The molecule has 4 aromatic carbocycles. The molecule has 0 fully saturated rings. The number of sulfone groups is 1. The van der Waals surface area contributed by atoms with Gasteiger partial charge in [0.25, 0.3) is 5.91 Å². The third kappa shape index (κ3) is 7.26. The van der Waals surface area contributed by atoms with Crippen molar-refractivity contribution in [3.63, 3.8) is 0 Å². The predicted octanol–water partition coefficient (Wildman–Crippen LogP) is 6.40. The Labute approximate surface area is 263 Å². The molecule has 1 amide bonds. The minimum atomic E-state index is -4.28. The number of halogens is 1. The first-order valence-corrected chi connectivity index (χ1v) is 15.6. The maximum Gasteiger partial charge on any atom is 0.337 e. The molecule has 0 saturated heterocycles. The molecule has 5 aromatic rings. The first kappa shape index (κ1) is 31.1. The number of carboxylic acids is 2. The van der Waals surface area contributed by atoms with E-state index in [1.807, 2.05) is 18.2 Å². The number of hydrogen-bond donors (Lipinski definition) is 3. The van der Waals surface area contributed by atoms with Crippen molar-refractivity contribution < 1.29 is 33.0 Å². The number of fused-ring (bicyclic) bond motifs is 1. The number of nitrogens with zero attached hydrogens (tertiary/aromatic N) is 1. The molecule has 1 atom stereocenters. The van der Waals surface area contributed by atoms with Crippen LogP contribution < -0.4 is 5.32 Å². The van der Waals surface area contributed by atoms with E-state index in [1.165, 1.54) is 48.5 Å². The zero-order valence-corrected chi connectivity index (χ0v) is 25.0. The minimum Gasteiger partial charge on any atom is -0.478 e. The Morgan fingerprint density at radius 2 is 1.44 bits per heavy atom. The van der Waals surface area contributed by atoms with Gasteiger partial charge in [-0.1, -0.05) is 72.3 Å². The molecule has 0 aliphatic carbocycles.